The number of ether oxygens (including phenoxy) is 1. The van der Waals surface area contributed by atoms with Gasteiger partial charge in [-0.25, -0.2) is 13.6 Å². The fraction of sp³-hybridized carbons (Fsp3) is 0.400. The van der Waals surface area contributed by atoms with E-state index < -0.39 is 24.0 Å². The van der Waals surface area contributed by atoms with Crippen molar-refractivity contribution >= 4 is 5.97 Å². The molecule has 0 saturated carbocycles. The molecule has 0 aromatic heterocycles. The molecule has 64 valence electrons. The Morgan fingerprint density at radius 1 is 1.55 bits per heavy atom. The summed E-state index contributed by atoms with van der Waals surface area (Å²) in [4.78, 5) is 10.0. The Kier molecular flexibility index (Phi) is 3.03. The first-order valence-corrected chi connectivity index (χ1v) is 2.39. The standard InChI is InChI=1S/C5H4F4O2/c1-11-4(10)5(8,9)3(7)2-6/h2H,1H3. The summed E-state index contributed by atoms with van der Waals surface area (Å²) in [6.45, 7) is 0. The fourth-order valence-corrected chi connectivity index (χ4v) is 0.294. The Bertz CT molecular complexity index is 187. The molecule has 0 fully saturated rings. The third-order valence-corrected chi connectivity index (χ3v) is 0.838. The summed E-state index contributed by atoms with van der Waals surface area (Å²) in [6.07, 6.45) is -0.989. The number of carbonyl (C=O) groups excluding carboxylic acids is 1. The van der Waals surface area contributed by atoms with Crippen molar-refractivity contribution in [3.8, 4) is 0 Å². The molecule has 0 bridgehead atoms. The van der Waals surface area contributed by atoms with Gasteiger partial charge in [0.2, 0.25) is 5.83 Å². The average Bonchev–Trinajstić information content (AvgIpc) is 2.01. The van der Waals surface area contributed by atoms with E-state index in [2.05, 4.69) is 4.74 Å². The van der Waals surface area contributed by atoms with E-state index in [9.17, 15) is 22.4 Å². The monoisotopic (exact) mass is 172 g/mol. The second-order valence-corrected chi connectivity index (χ2v) is 1.52. The topological polar surface area (TPSA) is 26.3 Å². The Labute approximate surface area is 59.4 Å². The van der Waals surface area contributed by atoms with Gasteiger partial charge in [-0.1, -0.05) is 0 Å². The van der Waals surface area contributed by atoms with Gasteiger partial charge in [0, 0.05) is 0 Å². The summed E-state index contributed by atoms with van der Waals surface area (Å²) >= 11 is 0. The van der Waals surface area contributed by atoms with Gasteiger partial charge in [-0.2, -0.15) is 8.78 Å². The number of hydrogen-bond acceptors (Lipinski definition) is 2. The van der Waals surface area contributed by atoms with Crippen LogP contribution in [0.5, 0.6) is 0 Å². The summed E-state index contributed by atoms with van der Waals surface area (Å²) in [6, 6.07) is 0. The van der Waals surface area contributed by atoms with Crippen molar-refractivity contribution in [2.75, 3.05) is 7.11 Å². The molecule has 0 aliphatic rings. The van der Waals surface area contributed by atoms with Gasteiger partial charge in [0.25, 0.3) is 0 Å². The summed E-state index contributed by atoms with van der Waals surface area (Å²) < 4.78 is 50.5. The molecule has 0 aromatic rings. The maximum atomic E-state index is 12.1. The molecule has 0 atom stereocenters. The van der Waals surface area contributed by atoms with Crippen LogP contribution in [0.25, 0.3) is 0 Å². The smallest absolute Gasteiger partial charge is 0.395 e. The summed E-state index contributed by atoms with van der Waals surface area (Å²) in [7, 11) is 0.641. The molecule has 0 rings (SSSR count). The summed E-state index contributed by atoms with van der Waals surface area (Å²) in [5.41, 5.74) is 0. The molecule has 0 unspecified atom stereocenters. The molecule has 6 heteroatoms. The average molecular weight is 172 g/mol. The number of alkyl halides is 2. The molecule has 0 N–H and O–H groups in total. The van der Waals surface area contributed by atoms with Gasteiger partial charge in [-0.15, -0.1) is 0 Å². The van der Waals surface area contributed by atoms with Gasteiger partial charge in [0.05, 0.1) is 7.11 Å². The Hall–Kier alpha value is -1.07. The number of hydrogen-bond donors (Lipinski definition) is 0. The van der Waals surface area contributed by atoms with E-state index in [-0.39, 0.29) is 0 Å². The van der Waals surface area contributed by atoms with Crippen molar-refractivity contribution in [3.05, 3.63) is 12.2 Å². The highest BCUT2D eigenvalue weighted by atomic mass is 19.3. The van der Waals surface area contributed by atoms with Crippen LogP contribution < -0.4 is 0 Å². The molecule has 0 aromatic carbocycles. The minimum Gasteiger partial charge on any atom is -0.464 e. The molecule has 2 nitrogen and oxygen atoms in total. The number of halogens is 4. The molecule has 11 heavy (non-hydrogen) atoms. The van der Waals surface area contributed by atoms with Gasteiger partial charge in [0.15, 0.2) is 0 Å². The van der Waals surface area contributed by atoms with Gasteiger partial charge in [-0.3, -0.25) is 0 Å². The summed E-state index contributed by atoms with van der Waals surface area (Å²) in [5, 5.41) is 0. The van der Waals surface area contributed by atoms with Crippen LogP contribution in [-0.2, 0) is 9.53 Å². The second-order valence-electron chi connectivity index (χ2n) is 1.52. The van der Waals surface area contributed by atoms with Crippen LogP contribution in [-0.4, -0.2) is 19.0 Å². The van der Waals surface area contributed by atoms with Crippen molar-refractivity contribution in [2.45, 2.75) is 5.92 Å². The molecule has 0 heterocycles. The maximum absolute atomic E-state index is 12.1. The SMILES string of the molecule is COC(=O)C(F)(F)C(F)=CF. The van der Waals surface area contributed by atoms with Crippen LogP contribution in [0, 0.1) is 0 Å². The zero-order valence-electron chi connectivity index (χ0n) is 5.41. The summed E-state index contributed by atoms with van der Waals surface area (Å²) in [5.74, 6) is -9.13. The Balaban J connectivity index is 4.58. The molecule has 0 aliphatic carbocycles. The number of esters is 1. The van der Waals surface area contributed by atoms with Crippen molar-refractivity contribution < 1.29 is 27.1 Å². The highest BCUT2D eigenvalue weighted by molar-refractivity contribution is 5.80. The molecule has 0 amide bonds. The second kappa shape index (κ2) is 3.36. The van der Waals surface area contributed by atoms with E-state index >= 15 is 0 Å². The largest absolute Gasteiger partial charge is 0.464 e. The third-order valence-electron chi connectivity index (χ3n) is 0.838. The van der Waals surface area contributed by atoms with Gasteiger partial charge in [-0.05, 0) is 0 Å². The van der Waals surface area contributed by atoms with Crippen LogP contribution in [0.1, 0.15) is 0 Å². The first-order valence-electron chi connectivity index (χ1n) is 2.39. The number of carbonyl (C=O) groups is 1. The van der Waals surface area contributed by atoms with E-state index in [1.807, 2.05) is 0 Å². The van der Waals surface area contributed by atoms with Crippen molar-refractivity contribution in [1.82, 2.24) is 0 Å². The van der Waals surface area contributed by atoms with E-state index in [0.717, 1.165) is 0 Å². The minimum atomic E-state index is -4.52. The van der Waals surface area contributed by atoms with Crippen LogP contribution >= 0.6 is 0 Å². The van der Waals surface area contributed by atoms with E-state index in [4.69, 9.17) is 0 Å². The van der Waals surface area contributed by atoms with E-state index in [0.29, 0.717) is 7.11 Å². The van der Waals surface area contributed by atoms with Crippen LogP contribution in [0.2, 0.25) is 0 Å². The predicted molar refractivity (Wildman–Crippen MR) is 27.3 cm³/mol. The number of methoxy groups -OCH3 is 1. The lowest BCUT2D eigenvalue weighted by Gasteiger charge is -2.09. The molecule has 0 aliphatic heterocycles. The fourth-order valence-electron chi connectivity index (χ4n) is 0.294. The molecule has 0 saturated heterocycles. The highest BCUT2D eigenvalue weighted by Crippen LogP contribution is 2.26. The lowest BCUT2D eigenvalue weighted by Crippen LogP contribution is -2.30. The van der Waals surface area contributed by atoms with Gasteiger partial charge >= 0.3 is 11.9 Å². The zero-order chi connectivity index (χ0) is 9.07. The van der Waals surface area contributed by atoms with Gasteiger partial charge < -0.3 is 4.74 Å². The lowest BCUT2D eigenvalue weighted by atomic mass is 10.3. The third kappa shape index (κ3) is 1.92. The predicted octanol–water partition coefficient (Wildman–Crippen LogP) is 1.58. The van der Waals surface area contributed by atoms with Crippen LogP contribution in [0.15, 0.2) is 12.2 Å². The van der Waals surface area contributed by atoms with Crippen LogP contribution in [0.4, 0.5) is 17.6 Å². The molecule has 0 radical (unpaired) electrons. The molecule has 0 spiro atoms. The van der Waals surface area contributed by atoms with Crippen molar-refractivity contribution in [3.63, 3.8) is 0 Å². The van der Waals surface area contributed by atoms with Crippen molar-refractivity contribution in [2.24, 2.45) is 0 Å². The van der Waals surface area contributed by atoms with Crippen molar-refractivity contribution in [1.29, 1.82) is 0 Å². The Morgan fingerprint density at radius 2 is 2.00 bits per heavy atom. The lowest BCUT2D eigenvalue weighted by molar-refractivity contribution is -0.165. The minimum absolute atomic E-state index is 0.641. The first kappa shape index (κ1) is 9.93. The quantitative estimate of drug-likeness (QED) is 0.466. The zero-order valence-corrected chi connectivity index (χ0v) is 5.41. The molecular weight excluding hydrogens is 168 g/mol. The van der Waals surface area contributed by atoms with Crippen LogP contribution in [0.3, 0.4) is 0 Å². The number of rotatable bonds is 2. The van der Waals surface area contributed by atoms with E-state index in [1.165, 1.54) is 0 Å². The van der Waals surface area contributed by atoms with E-state index in [1.54, 1.807) is 0 Å². The first-order chi connectivity index (χ1) is 4.96. The highest BCUT2D eigenvalue weighted by Gasteiger charge is 2.45. The normalized spacial score (nSPS) is 13.0. The molecular formula is C5H4F4O2. The Morgan fingerprint density at radius 3 is 2.27 bits per heavy atom. The maximum Gasteiger partial charge on any atom is 0.395 e. The van der Waals surface area contributed by atoms with Gasteiger partial charge in [0.1, 0.15) is 6.33 Å².